The normalized spacial score (nSPS) is 31.7. The van der Waals surface area contributed by atoms with Gasteiger partial charge in [-0.3, -0.25) is 4.79 Å². The maximum atomic E-state index is 13.0. The highest BCUT2D eigenvalue weighted by Crippen LogP contribution is 2.45. The number of rotatable bonds is 4. The Bertz CT molecular complexity index is 438. The number of piperidine rings is 1. The Kier molecular flexibility index (Phi) is 5.00. The maximum Gasteiger partial charge on any atom is 0.407 e. The van der Waals surface area contributed by atoms with E-state index in [0.717, 1.165) is 12.8 Å². The van der Waals surface area contributed by atoms with E-state index in [-0.39, 0.29) is 23.9 Å². The zero-order valence-electron chi connectivity index (χ0n) is 14.1. The summed E-state index contributed by atoms with van der Waals surface area (Å²) in [7, 11) is 1.29. The van der Waals surface area contributed by atoms with Crippen molar-refractivity contribution < 1.29 is 19.4 Å². The molecule has 22 heavy (non-hydrogen) atoms. The minimum atomic E-state index is -0.625. The Morgan fingerprint density at radius 1 is 1.23 bits per heavy atom. The summed E-state index contributed by atoms with van der Waals surface area (Å²) in [5.74, 6) is 0.535. The molecular weight excluding hydrogens is 284 g/mol. The largest absolute Gasteiger partial charge is 0.453 e. The highest BCUT2D eigenvalue weighted by atomic mass is 16.5. The molecule has 1 heterocycles. The Morgan fingerprint density at radius 2 is 1.86 bits per heavy atom. The number of carbonyl (C=O) groups excluding carboxylic acids is 2. The minimum absolute atomic E-state index is 0.0457. The Balaban J connectivity index is 2.22. The second-order valence-electron chi connectivity index (χ2n) is 7.20. The molecule has 1 saturated carbocycles. The van der Waals surface area contributed by atoms with Crippen LogP contribution < -0.4 is 5.32 Å². The molecule has 0 radical (unpaired) electrons. The first-order valence-corrected chi connectivity index (χ1v) is 8.12. The fourth-order valence-electron chi connectivity index (χ4n) is 4.09. The Morgan fingerprint density at radius 3 is 2.36 bits per heavy atom. The van der Waals surface area contributed by atoms with Crippen molar-refractivity contribution >= 4 is 12.0 Å². The van der Waals surface area contributed by atoms with Crippen LogP contribution in [0.3, 0.4) is 0 Å². The first-order valence-electron chi connectivity index (χ1n) is 8.12. The van der Waals surface area contributed by atoms with Crippen LogP contribution in [0.2, 0.25) is 0 Å². The molecule has 0 aromatic carbocycles. The van der Waals surface area contributed by atoms with Crippen molar-refractivity contribution in [2.24, 2.45) is 17.8 Å². The van der Waals surface area contributed by atoms with E-state index in [1.165, 1.54) is 7.11 Å². The molecule has 6 nitrogen and oxygen atoms in total. The molecule has 1 aliphatic carbocycles. The molecule has 0 spiro atoms. The Hall–Kier alpha value is -1.30. The smallest absolute Gasteiger partial charge is 0.407 e. The number of alkyl carbamates (subject to hydrolysis) is 1. The van der Waals surface area contributed by atoms with Crippen molar-refractivity contribution in [1.82, 2.24) is 10.2 Å². The highest BCUT2D eigenvalue weighted by Gasteiger charge is 2.54. The van der Waals surface area contributed by atoms with Gasteiger partial charge in [0.15, 0.2) is 0 Å². The lowest BCUT2D eigenvalue weighted by molar-refractivity contribution is -0.143. The van der Waals surface area contributed by atoms with E-state index in [4.69, 9.17) is 0 Å². The van der Waals surface area contributed by atoms with Gasteiger partial charge in [0.25, 0.3) is 0 Å². The van der Waals surface area contributed by atoms with Gasteiger partial charge in [0.05, 0.1) is 19.3 Å². The zero-order chi connectivity index (χ0) is 16.6. The van der Waals surface area contributed by atoms with Gasteiger partial charge in [0, 0.05) is 6.04 Å². The molecule has 1 aliphatic heterocycles. The lowest BCUT2D eigenvalue weighted by Crippen LogP contribution is -2.59. The van der Waals surface area contributed by atoms with Crippen LogP contribution in [-0.2, 0) is 9.53 Å². The number of hydrogen-bond acceptors (Lipinski definition) is 4. The lowest BCUT2D eigenvalue weighted by atomic mass is 9.88. The first-order chi connectivity index (χ1) is 10.3. The number of ether oxygens (including phenoxy) is 1. The SMILES string of the molecule is COC(=O)N[C@H](C(=O)N1[C@H](C(C)C)[C@H]2C[C@H](O)[C@@H]1C2)C(C)C. The van der Waals surface area contributed by atoms with Gasteiger partial charge >= 0.3 is 6.09 Å². The van der Waals surface area contributed by atoms with Gasteiger partial charge in [-0.1, -0.05) is 27.7 Å². The first kappa shape index (κ1) is 17.1. The summed E-state index contributed by atoms with van der Waals surface area (Å²) in [6.45, 7) is 8.01. The van der Waals surface area contributed by atoms with Crippen LogP contribution in [0, 0.1) is 17.8 Å². The zero-order valence-corrected chi connectivity index (χ0v) is 14.1. The predicted molar refractivity (Wildman–Crippen MR) is 82.2 cm³/mol. The third-order valence-electron chi connectivity index (χ3n) is 5.02. The van der Waals surface area contributed by atoms with Crippen LogP contribution in [0.15, 0.2) is 0 Å². The standard InChI is InChI=1S/C16H28N2O4/c1-8(2)13(17-16(21)22-5)15(20)18-11-6-10(7-12(11)19)14(18)9(3)4/h8-14,19H,6-7H2,1-5H3,(H,17,21)/t10-,11+,12+,13+,14-/m1/s1. The van der Waals surface area contributed by atoms with Gasteiger partial charge in [0.2, 0.25) is 5.91 Å². The van der Waals surface area contributed by atoms with Crippen LogP contribution in [0.5, 0.6) is 0 Å². The van der Waals surface area contributed by atoms with Gasteiger partial charge in [-0.15, -0.1) is 0 Å². The van der Waals surface area contributed by atoms with Gasteiger partial charge in [-0.05, 0) is 30.6 Å². The number of methoxy groups -OCH3 is 1. The summed E-state index contributed by atoms with van der Waals surface area (Å²) in [6, 6.07) is -0.604. The molecule has 2 rings (SSSR count). The minimum Gasteiger partial charge on any atom is -0.453 e. The number of amides is 2. The van der Waals surface area contributed by atoms with Gasteiger partial charge in [0.1, 0.15) is 6.04 Å². The van der Waals surface area contributed by atoms with Crippen molar-refractivity contribution in [2.45, 2.75) is 64.8 Å². The van der Waals surface area contributed by atoms with Crippen molar-refractivity contribution in [3.63, 3.8) is 0 Å². The molecular formula is C16H28N2O4. The molecule has 2 fully saturated rings. The number of hydrogen-bond donors (Lipinski definition) is 2. The van der Waals surface area contributed by atoms with Crippen LogP contribution in [0.4, 0.5) is 4.79 Å². The quantitative estimate of drug-likeness (QED) is 0.822. The maximum absolute atomic E-state index is 13.0. The topological polar surface area (TPSA) is 78.9 Å². The molecule has 2 bridgehead atoms. The molecule has 0 aromatic rings. The molecule has 2 amide bonds. The summed E-state index contributed by atoms with van der Waals surface area (Å²) in [5, 5.41) is 12.8. The van der Waals surface area contributed by atoms with Crippen LogP contribution >= 0.6 is 0 Å². The van der Waals surface area contributed by atoms with E-state index >= 15 is 0 Å². The van der Waals surface area contributed by atoms with Crippen LogP contribution in [-0.4, -0.2) is 53.3 Å². The number of nitrogens with zero attached hydrogens (tertiary/aromatic N) is 1. The van der Waals surface area contributed by atoms with E-state index in [1.807, 2.05) is 18.7 Å². The number of nitrogens with one attached hydrogen (secondary N) is 1. The summed E-state index contributed by atoms with van der Waals surface area (Å²) >= 11 is 0. The summed E-state index contributed by atoms with van der Waals surface area (Å²) in [4.78, 5) is 26.4. The molecule has 2 aliphatic rings. The predicted octanol–water partition coefficient (Wildman–Crippen LogP) is 1.37. The second-order valence-corrected chi connectivity index (χ2v) is 7.20. The van der Waals surface area contributed by atoms with E-state index in [9.17, 15) is 14.7 Å². The molecule has 6 heteroatoms. The van der Waals surface area contributed by atoms with Crippen molar-refractivity contribution in [3.8, 4) is 0 Å². The van der Waals surface area contributed by atoms with E-state index in [1.54, 1.807) is 0 Å². The van der Waals surface area contributed by atoms with Crippen LogP contribution in [0.25, 0.3) is 0 Å². The Labute approximate surface area is 132 Å². The number of aliphatic hydroxyl groups excluding tert-OH is 1. The molecule has 126 valence electrons. The summed E-state index contributed by atoms with van der Waals surface area (Å²) in [6.07, 6.45) is 0.584. The van der Waals surface area contributed by atoms with Crippen molar-refractivity contribution in [1.29, 1.82) is 0 Å². The average molecular weight is 312 g/mol. The molecule has 0 unspecified atom stereocenters. The fourth-order valence-corrected chi connectivity index (χ4v) is 4.09. The van der Waals surface area contributed by atoms with E-state index in [0.29, 0.717) is 11.8 Å². The summed E-state index contributed by atoms with van der Waals surface area (Å²) in [5.41, 5.74) is 0. The van der Waals surface area contributed by atoms with Gasteiger partial charge in [-0.2, -0.15) is 0 Å². The van der Waals surface area contributed by atoms with Crippen molar-refractivity contribution in [2.75, 3.05) is 7.11 Å². The fraction of sp³-hybridized carbons (Fsp3) is 0.875. The molecule has 1 saturated heterocycles. The molecule has 0 aromatic heterocycles. The van der Waals surface area contributed by atoms with Gasteiger partial charge in [-0.25, -0.2) is 4.79 Å². The lowest BCUT2D eigenvalue weighted by Gasteiger charge is -2.42. The van der Waals surface area contributed by atoms with E-state index < -0.39 is 18.2 Å². The third kappa shape index (κ3) is 2.93. The number of carbonyl (C=O) groups is 2. The van der Waals surface area contributed by atoms with Gasteiger partial charge < -0.3 is 20.1 Å². The second kappa shape index (κ2) is 6.44. The van der Waals surface area contributed by atoms with E-state index in [2.05, 4.69) is 23.9 Å². The number of fused-ring (bicyclic) bond motifs is 2. The third-order valence-corrected chi connectivity index (χ3v) is 5.02. The highest BCUT2D eigenvalue weighted by molar-refractivity contribution is 5.87. The number of likely N-dealkylation sites (tertiary alicyclic amines) is 1. The molecule has 5 atom stereocenters. The monoisotopic (exact) mass is 312 g/mol. The average Bonchev–Trinajstić information content (AvgIpc) is 2.99. The van der Waals surface area contributed by atoms with Crippen LogP contribution in [0.1, 0.15) is 40.5 Å². The molecule has 2 N–H and O–H groups in total. The van der Waals surface area contributed by atoms with Crippen molar-refractivity contribution in [3.05, 3.63) is 0 Å². The summed E-state index contributed by atoms with van der Waals surface area (Å²) < 4.78 is 4.63. The number of aliphatic hydroxyl groups is 1.